The van der Waals surface area contributed by atoms with Crippen molar-refractivity contribution in [2.24, 2.45) is 4.99 Å². The van der Waals surface area contributed by atoms with Crippen molar-refractivity contribution in [3.05, 3.63) is 0 Å². The molecule has 0 aliphatic rings. The molecule has 86 valence electrons. The number of carbonyl (C=O) groups excluding carboxylic acids is 2. The molecule has 0 saturated carbocycles. The molecular formula is C8H13IN2O4. The molecule has 0 aromatic carbocycles. The maximum Gasteiger partial charge on any atom is 0.439 e. The van der Waals surface area contributed by atoms with Crippen LogP contribution in [-0.2, 0) is 14.3 Å². The smallest absolute Gasteiger partial charge is 0.426 e. The van der Waals surface area contributed by atoms with E-state index in [0.717, 1.165) is 0 Å². The largest absolute Gasteiger partial charge is 0.439 e. The Hall–Kier alpha value is -0.860. The molecule has 0 aromatic rings. The van der Waals surface area contributed by atoms with Crippen molar-refractivity contribution < 1.29 is 19.1 Å². The molecule has 0 aromatic heterocycles. The lowest BCUT2D eigenvalue weighted by Gasteiger charge is -2.12. The number of aliphatic imine (C=N–C) groups is 1. The fourth-order valence-electron chi connectivity index (χ4n) is 0.601. The summed E-state index contributed by atoms with van der Waals surface area (Å²) in [7, 11) is 3.49. The van der Waals surface area contributed by atoms with Gasteiger partial charge in [0.1, 0.15) is 0 Å². The minimum Gasteiger partial charge on any atom is -0.426 e. The van der Waals surface area contributed by atoms with E-state index in [2.05, 4.69) is 14.5 Å². The molecule has 0 fully saturated rings. The zero-order valence-electron chi connectivity index (χ0n) is 8.98. The van der Waals surface area contributed by atoms with E-state index in [4.69, 9.17) is 0 Å². The van der Waals surface area contributed by atoms with Gasteiger partial charge in [0.15, 0.2) is 3.84 Å². The predicted molar refractivity (Wildman–Crippen MR) is 62.9 cm³/mol. The van der Waals surface area contributed by atoms with Crippen LogP contribution in [0.25, 0.3) is 0 Å². The second-order valence-corrected chi connectivity index (χ2v) is 3.80. The van der Waals surface area contributed by atoms with E-state index in [9.17, 15) is 9.59 Å². The van der Waals surface area contributed by atoms with Crippen LogP contribution in [0.1, 0.15) is 13.8 Å². The van der Waals surface area contributed by atoms with E-state index in [-0.39, 0.29) is 0 Å². The third kappa shape index (κ3) is 7.11. The number of hydrogen-bond donors (Lipinski definition) is 0. The number of hydrogen-bond acceptors (Lipinski definition) is 4. The van der Waals surface area contributed by atoms with Gasteiger partial charge in [-0.3, -0.25) is 4.79 Å². The molecular weight excluding hydrogens is 315 g/mol. The van der Waals surface area contributed by atoms with Crippen LogP contribution in [0.3, 0.4) is 0 Å². The van der Waals surface area contributed by atoms with Gasteiger partial charge in [0, 0.05) is 27.9 Å². The Morgan fingerprint density at radius 1 is 1.33 bits per heavy atom. The van der Waals surface area contributed by atoms with E-state index in [1.807, 2.05) is 22.6 Å². The summed E-state index contributed by atoms with van der Waals surface area (Å²) in [6.45, 7) is 2.68. The first-order chi connectivity index (χ1) is 6.82. The third-order valence-corrected chi connectivity index (χ3v) is 2.36. The van der Waals surface area contributed by atoms with Gasteiger partial charge in [-0.05, 0) is 22.6 Å². The third-order valence-electron chi connectivity index (χ3n) is 1.15. The standard InChI is InChI=1S/C8H13IN2O4/c1-5(12)14-6(2)15-8(13)10-7(9)11(3)4/h6H,1-4H3. The van der Waals surface area contributed by atoms with Crippen molar-refractivity contribution in [2.75, 3.05) is 14.1 Å². The maximum absolute atomic E-state index is 11.1. The normalized spacial score (nSPS) is 13.0. The molecule has 0 aliphatic heterocycles. The van der Waals surface area contributed by atoms with Gasteiger partial charge in [0.05, 0.1) is 0 Å². The average Bonchev–Trinajstić information content (AvgIpc) is 2.00. The van der Waals surface area contributed by atoms with Crippen LogP contribution in [0.2, 0.25) is 0 Å². The first kappa shape index (κ1) is 14.1. The zero-order chi connectivity index (χ0) is 12.0. The topological polar surface area (TPSA) is 68.2 Å². The molecule has 7 heteroatoms. The fourth-order valence-corrected chi connectivity index (χ4v) is 0.798. The zero-order valence-corrected chi connectivity index (χ0v) is 11.1. The van der Waals surface area contributed by atoms with Crippen molar-refractivity contribution in [2.45, 2.75) is 20.1 Å². The molecule has 15 heavy (non-hydrogen) atoms. The van der Waals surface area contributed by atoms with Gasteiger partial charge in [0.2, 0.25) is 6.29 Å². The van der Waals surface area contributed by atoms with E-state index in [0.29, 0.717) is 3.84 Å². The van der Waals surface area contributed by atoms with Gasteiger partial charge in [0.25, 0.3) is 0 Å². The molecule has 0 aliphatic carbocycles. The highest BCUT2D eigenvalue weighted by atomic mass is 127. The summed E-state index contributed by atoms with van der Waals surface area (Å²) in [6, 6.07) is 0. The molecule has 0 saturated heterocycles. The number of nitrogens with zero attached hydrogens (tertiary/aromatic N) is 2. The van der Waals surface area contributed by atoms with E-state index in [1.165, 1.54) is 13.8 Å². The van der Waals surface area contributed by atoms with Crippen LogP contribution in [0, 0.1) is 0 Å². The lowest BCUT2D eigenvalue weighted by molar-refractivity contribution is -0.161. The predicted octanol–water partition coefficient (Wildman–Crippen LogP) is 1.38. The number of esters is 1. The molecule has 0 radical (unpaired) electrons. The molecule has 0 bridgehead atoms. The van der Waals surface area contributed by atoms with Crippen LogP contribution in [0.15, 0.2) is 4.99 Å². The van der Waals surface area contributed by atoms with Gasteiger partial charge in [-0.25, -0.2) is 4.79 Å². The Balaban J connectivity index is 4.14. The quantitative estimate of drug-likeness (QED) is 0.191. The van der Waals surface area contributed by atoms with Crippen LogP contribution in [0.5, 0.6) is 0 Å². The number of ether oxygens (including phenoxy) is 2. The van der Waals surface area contributed by atoms with Crippen LogP contribution >= 0.6 is 22.6 Å². The van der Waals surface area contributed by atoms with Crippen molar-refractivity contribution in [1.82, 2.24) is 4.90 Å². The van der Waals surface area contributed by atoms with E-state index < -0.39 is 18.4 Å². The van der Waals surface area contributed by atoms with Crippen LogP contribution in [0.4, 0.5) is 4.79 Å². The lowest BCUT2D eigenvalue weighted by atomic mass is 10.7. The Kier molecular flexibility index (Phi) is 6.21. The summed E-state index contributed by atoms with van der Waals surface area (Å²) in [5.74, 6) is -0.512. The Morgan fingerprint density at radius 3 is 2.27 bits per heavy atom. The van der Waals surface area contributed by atoms with Crippen molar-refractivity contribution >= 4 is 38.5 Å². The average molecular weight is 328 g/mol. The minimum atomic E-state index is -0.926. The monoisotopic (exact) mass is 328 g/mol. The molecule has 0 rings (SSSR count). The summed E-state index contributed by atoms with van der Waals surface area (Å²) in [5.41, 5.74) is 0. The van der Waals surface area contributed by atoms with Gasteiger partial charge in [-0.2, -0.15) is 4.99 Å². The first-order valence-corrected chi connectivity index (χ1v) is 5.20. The van der Waals surface area contributed by atoms with Crippen LogP contribution < -0.4 is 0 Å². The summed E-state index contributed by atoms with van der Waals surface area (Å²) in [5, 5.41) is 0. The molecule has 0 heterocycles. The van der Waals surface area contributed by atoms with Crippen molar-refractivity contribution in [1.29, 1.82) is 0 Å². The highest BCUT2D eigenvalue weighted by molar-refractivity contribution is 14.1. The summed E-state index contributed by atoms with van der Waals surface area (Å²) in [6.07, 6.45) is -1.72. The molecule has 1 amide bonds. The molecule has 6 nitrogen and oxygen atoms in total. The molecule has 1 atom stereocenters. The number of carbonyl (C=O) groups is 2. The second kappa shape index (κ2) is 6.59. The van der Waals surface area contributed by atoms with Crippen LogP contribution in [-0.4, -0.2) is 41.2 Å². The number of amidine groups is 1. The van der Waals surface area contributed by atoms with E-state index >= 15 is 0 Å². The summed E-state index contributed by atoms with van der Waals surface area (Å²) >= 11 is 1.89. The number of amides is 1. The van der Waals surface area contributed by atoms with Gasteiger partial charge in [-0.1, -0.05) is 0 Å². The second-order valence-electron chi connectivity index (χ2n) is 2.84. The molecule has 0 N–H and O–H groups in total. The SMILES string of the molecule is CC(=O)OC(C)OC(=O)N=C(I)N(C)C. The summed E-state index contributed by atoms with van der Waals surface area (Å²) in [4.78, 5) is 26.9. The Labute approximate surface area is 102 Å². The molecule has 1 unspecified atom stereocenters. The first-order valence-electron chi connectivity index (χ1n) is 4.12. The Morgan fingerprint density at radius 2 is 1.87 bits per heavy atom. The number of rotatable bonds is 2. The summed E-state index contributed by atoms with van der Waals surface area (Å²) < 4.78 is 9.76. The number of halogens is 1. The van der Waals surface area contributed by atoms with E-state index in [1.54, 1.807) is 19.0 Å². The lowest BCUT2D eigenvalue weighted by Crippen LogP contribution is -2.21. The van der Waals surface area contributed by atoms with Gasteiger partial charge >= 0.3 is 12.1 Å². The highest BCUT2D eigenvalue weighted by Gasteiger charge is 2.11. The van der Waals surface area contributed by atoms with Gasteiger partial charge < -0.3 is 14.4 Å². The minimum absolute atomic E-state index is 0.479. The Bertz CT molecular complexity index is 278. The van der Waals surface area contributed by atoms with Gasteiger partial charge in [-0.15, -0.1) is 0 Å². The van der Waals surface area contributed by atoms with Crippen molar-refractivity contribution in [3.8, 4) is 0 Å². The van der Waals surface area contributed by atoms with Crippen molar-refractivity contribution in [3.63, 3.8) is 0 Å². The molecule has 0 spiro atoms. The highest BCUT2D eigenvalue weighted by Crippen LogP contribution is 2.00. The maximum atomic E-state index is 11.1. The fraction of sp³-hybridized carbons (Fsp3) is 0.625.